The van der Waals surface area contributed by atoms with Gasteiger partial charge in [-0.15, -0.1) is 0 Å². The number of aryl methyl sites for hydroxylation is 1. The second-order valence-electron chi connectivity index (χ2n) is 5.90. The summed E-state index contributed by atoms with van der Waals surface area (Å²) in [7, 11) is -3.63. The van der Waals surface area contributed by atoms with Crippen molar-refractivity contribution in [1.82, 2.24) is 5.32 Å². The number of amides is 1. The minimum Gasteiger partial charge on any atom is -0.445 e. The summed E-state index contributed by atoms with van der Waals surface area (Å²) < 4.78 is 29.5. The van der Waals surface area contributed by atoms with Gasteiger partial charge in [0.1, 0.15) is 6.61 Å². The number of alkyl carbamates (subject to hydrolysis) is 1. The molecule has 0 spiro atoms. The molecule has 2 rings (SSSR count). The van der Waals surface area contributed by atoms with Gasteiger partial charge in [0.25, 0.3) is 0 Å². The molecule has 1 N–H and O–H groups in total. The first-order chi connectivity index (χ1) is 13.0. The molecule has 0 bridgehead atoms. The summed E-state index contributed by atoms with van der Waals surface area (Å²) in [5.74, 6) is -0.958. The Morgan fingerprint density at radius 1 is 1.04 bits per heavy atom. The molecule has 0 heterocycles. The molecule has 2 aromatic rings. The molecule has 0 aliphatic carbocycles. The second kappa shape index (κ2) is 10.3. The molecule has 7 heteroatoms. The molecule has 0 aliphatic heterocycles. The highest BCUT2D eigenvalue weighted by Crippen LogP contribution is 2.59. The van der Waals surface area contributed by atoms with Gasteiger partial charge in [0, 0.05) is 0 Å². The van der Waals surface area contributed by atoms with Crippen LogP contribution in [0.5, 0.6) is 0 Å². The van der Waals surface area contributed by atoms with Crippen LogP contribution in [0.1, 0.15) is 36.3 Å². The zero-order valence-electron chi connectivity index (χ0n) is 15.9. The van der Waals surface area contributed by atoms with E-state index in [1.165, 1.54) is 0 Å². The fourth-order valence-corrected chi connectivity index (χ4v) is 4.49. The Labute approximate surface area is 160 Å². The average Bonchev–Trinajstić information content (AvgIpc) is 2.65. The van der Waals surface area contributed by atoms with E-state index in [4.69, 9.17) is 13.8 Å². The van der Waals surface area contributed by atoms with Crippen LogP contribution in [0.4, 0.5) is 4.79 Å². The number of nitrogens with one attached hydrogen (secondary N) is 1. The lowest BCUT2D eigenvalue weighted by Crippen LogP contribution is -2.30. The van der Waals surface area contributed by atoms with Gasteiger partial charge >= 0.3 is 13.7 Å². The van der Waals surface area contributed by atoms with Crippen molar-refractivity contribution in [2.24, 2.45) is 0 Å². The van der Waals surface area contributed by atoms with Crippen molar-refractivity contribution in [2.75, 3.05) is 13.2 Å². The molecule has 0 saturated carbocycles. The molecule has 0 aromatic heterocycles. The first kappa shape index (κ1) is 21.2. The van der Waals surface area contributed by atoms with Gasteiger partial charge in [0.2, 0.25) is 0 Å². The number of hydrogen-bond donors (Lipinski definition) is 1. The number of rotatable bonds is 9. The third kappa shape index (κ3) is 6.21. The van der Waals surface area contributed by atoms with E-state index < -0.39 is 19.5 Å². The van der Waals surface area contributed by atoms with Crippen molar-refractivity contribution in [3.8, 4) is 0 Å². The van der Waals surface area contributed by atoms with Crippen LogP contribution in [-0.4, -0.2) is 19.3 Å². The fraction of sp³-hybridized carbons (Fsp3) is 0.350. The Hall–Kier alpha value is -2.14. The maximum atomic E-state index is 13.3. The van der Waals surface area contributed by atoms with Crippen LogP contribution in [-0.2, 0) is 25.0 Å². The average molecular weight is 391 g/mol. The summed E-state index contributed by atoms with van der Waals surface area (Å²) in [5, 5.41) is 2.67. The number of carbonyl (C=O) groups excluding carboxylic acids is 1. The normalized spacial score (nSPS) is 12.4. The van der Waals surface area contributed by atoms with Crippen molar-refractivity contribution in [1.29, 1.82) is 0 Å². The summed E-state index contributed by atoms with van der Waals surface area (Å²) >= 11 is 0. The van der Waals surface area contributed by atoms with Gasteiger partial charge in [0.15, 0.2) is 5.78 Å². The van der Waals surface area contributed by atoms with Gasteiger partial charge in [-0.05, 0) is 31.9 Å². The minimum atomic E-state index is -3.63. The zero-order chi connectivity index (χ0) is 19.7. The van der Waals surface area contributed by atoms with Crippen LogP contribution in [0.25, 0.3) is 0 Å². The van der Waals surface area contributed by atoms with E-state index in [1.54, 1.807) is 19.9 Å². The predicted molar refractivity (Wildman–Crippen MR) is 105 cm³/mol. The highest BCUT2D eigenvalue weighted by molar-refractivity contribution is 7.54. The van der Waals surface area contributed by atoms with Crippen LogP contribution in [0.15, 0.2) is 54.6 Å². The first-order valence-corrected chi connectivity index (χ1v) is 10.5. The molecule has 2 aromatic carbocycles. The predicted octanol–water partition coefficient (Wildman–Crippen LogP) is 5.19. The summed E-state index contributed by atoms with van der Waals surface area (Å²) in [5.41, 5.74) is 2.46. The quantitative estimate of drug-likeness (QED) is 0.596. The molecular formula is C20H26NO5P. The summed E-state index contributed by atoms with van der Waals surface area (Å²) in [4.78, 5) is 12.4. The highest BCUT2D eigenvalue weighted by atomic mass is 31.2. The fourth-order valence-electron chi connectivity index (χ4n) is 2.61. The van der Waals surface area contributed by atoms with E-state index >= 15 is 0 Å². The SMILES string of the molecule is CCOP(=O)(OCC)C(NC(=O)OCc1ccccc1)c1cccc(C)c1. The largest absolute Gasteiger partial charge is 0.445 e. The zero-order valence-corrected chi connectivity index (χ0v) is 16.8. The molecule has 1 unspecified atom stereocenters. The van der Waals surface area contributed by atoms with Gasteiger partial charge in [-0.2, -0.15) is 0 Å². The Kier molecular flexibility index (Phi) is 8.04. The van der Waals surface area contributed by atoms with Crippen LogP contribution >= 0.6 is 7.60 Å². The highest BCUT2D eigenvalue weighted by Gasteiger charge is 2.38. The second-order valence-corrected chi connectivity index (χ2v) is 8.01. The van der Waals surface area contributed by atoms with Crippen molar-refractivity contribution in [3.63, 3.8) is 0 Å². The van der Waals surface area contributed by atoms with E-state index in [1.807, 2.05) is 55.5 Å². The standard InChI is InChI=1S/C20H26NO5P/c1-4-25-27(23,26-5-2)19(18-13-9-10-16(3)14-18)21-20(22)24-15-17-11-7-6-8-12-17/h6-14,19H,4-5,15H2,1-3H3,(H,21,22). The van der Waals surface area contributed by atoms with E-state index in [2.05, 4.69) is 5.32 Å². The molecule has 0 aliphatic rings. The van der Waals surface area contributed by atoms with Crippen LogP contribution < -0.4 is 5.32 Å². The smallest absolute Gasteiger partial charge is 0.408 e. The lowest BCUT2D eigenvalue weighted by atomic mass is 10.1. The van der Waals surface area contributed by atoms with Crippen molar-refractivity contribution >= 4 is 13.7 Å². The Bertz CT molecular complexity index is 771. The lowest BCUT2D eigenvalue weighted by Gasteiger charge is -2.27. The van der Waals surface area contributed by atoms with Gasteiger partial charge in [0.05, 0.1) is 13.2 Å². The molecule has 0 radical (unpaired) electrons. The van der Waals surface area contributed by atoms with E-state index in [9.17, 15) is 9.36 Å². The first-order valence-electron chi connectivity index (χ1n) is 8.91. The summed E-state index contributed by atoms with van der Waals surface area (Å²) in [6.45, 7) is 5.88. The van der Waals surface area contributed by atoms with Gasteiger partial charge in [-0.1, -0.05) is 60.2 Å². The summed E-state index contributed by atoms with van der Waals surface area (Å²) in [6, 6.07) is 16.7. The van der Waals surface area contributed by atoms with E-state index in [0.29, 0.717) is 5.56 Å². The van der Waals surface area contributed by atoms with Gasteiger partial charge < -0.3 is 19.1 Å². The number of benzene rings is 2. The minimum absolute atomic E-state index is 0.112. The Balaban J connectivity index is 2.21. The molecule has 0 fully saturated rings. The third-order valence-electron chi connectivity index (χ3n) is 3.76. The lowest BCUT2D eigenvalue weighted by molar-refractivity contribution is 0.134. The summed E-state index contributed by atoms with van der Waals surface area (Å²) in [6.07, 6.45) is -0.690. The number of hydrogen-bond acceptors (Lipinski definition) is 5. The Morgan fingerprint density at radius 2 is 1.70 bits per heavy atom. The van der Waals surface area contributed by atoms with Crippen LogP contribution in [0, 0.1) is 6.92 Å². The van der Waals surface area contributed by atoms with Crippen molar-refractivity contribution < 1.29 is 23.1 Å². The van der Waals surface area contributed by atoms with Gasteiger partial charge in [-0.25, -0.2) is 4.79 Å². The van der Waals surface area contributed by atoms with Crippen LogP contribution in [0.2, 0.25) is 0 Å². The third-order valence-corrected chi connectivity index (χ3v) is 6.06. The van der Waals surface area contributed by atoms with E-state index in [0.717, 1.165) is 11.1 Å². The topological polar surface area (TPSA) is 73.9 Å². The molecule has 1 atom stereocenters. The monoisotopic (exact) mass is 391 g/mol. The van der Waals surface area contributed by atoms with Crippen molar-refractivity contribution in [3.05, 3.63) is 71.3 Å². The number of carbonyl (C=O) groups is 1. The van der Waals surface area contributed by atoms with Gasteiger partial charge in [-0.3, -0.25) is 4.57 Å². The van der Waals surface area contributed by atoms with E-state index in [-0.39, 0.29) is 19.8 Å². The van der Waals surface area contributed by atoms with Crippen LogP contribution in [0.3, 0.4) is 0 Å². The molecule has 0 saturated heterocycles. The molecule has 27 heavy (non-hydrogen) atoms. The Morgan fingerprint density at radius 3 is 2.30 bits per heavy atom. The number of ether oxygens (including phenoxy) is 1. The maximum absolute atomic E-state index is 13.3. The maximum Gasteiger partial charge on any atom is 0.408 e. The molecule has 1 amide bonds. The molecular weight excluding hydrogens is 365 g/mol. The molecule has 146 valence electrons. The van der Waals surface area contributed by atoms with Crippen molar-refractivity contribution in [2.45, 2.75) is 33.2 Å². The molecule has 6 nitrogen and oxygen atoms in total.